The van der Waals surface area contributed by atoms with Crippen LogP contribution in [0.4, 0.5) is 0 Å². The zero-order chi connectivity index (χ0) is 19.3. The Hall–Kier alpha value is -2.94. The molecule has 2 aromatic heterocycles. The summed E-state index contributed by atoms with van der Waals surface area (Å²) in [5.74, 6) is -0.129. The summed E-state index contributed by atoms with van der Waals surface area (Å²) in [6.07, 6.45) is 0.109. The second-order valence-electron chi connectivity index (χ2n) is 5.75. The Morgan fingerprint density at radius 2 is 1.93 bits per heavy atom. The first-order valence-electron chi connectivity index (χ1n) is 8.38. The number of fused-ring (bicyclic) bond motifs is 1. The van der Waals surface area contributed by atoms with E-state index in [1.165, 1.54) is 18.0 Å². The molecule has 28 heavy (non-hydrogen) atoms. The zero-order valence-electron chi connectivity index (χ0n) is 14.5. The van der Waals surface area contributed by atoms with Gasteiger partial charge in [-0.15, -0.1) is 11.3 Å². The largest absolute Gasteiger partial charge is 0.448 e. The molecule has 0 aliphatic heterocycles. The van der Waals surface area contributed by atoms with Gasteiger partial charge < -0.3 is 9.52 Å². The number of nitrogens with one attached hydrogen (secondary N) is 1. The lowest BCUT2D eigenvalue weighted by atomic mass is 10.1. The number of carbonyl (C=O) groups is 1. The number of hydrazone groups is 1. The molecule has 1 atom stereocenters. The third-order valence-corrected chi connectivity index (χ3v) is 5.81. The average Bonchev–Trinajstić information content (AvgIpc) is 3.34. The molecule has 0 fully saturated rings. The van der Waals surface area contributed by atoms with E-state index in [0.717, 1.165) is 14.6 Å². The summed E-state index contributed by atoms with van der Waals surface area (Å²) in [6, 6.07) is 20.2. The second-order valence-corrected chi connectivity index (χ2v) is 8.04. The molecule has 4 aromatic rings. The zero-order valence-corrected chi connectivity index (χ0v) is 16.1. The number of hydrogen-bond donors (Lipinski definition) is 2. The monoisotopic (exact) mass is 409 g/mol. The van der Waals surface area contributed by atoms with Crippen LogP contribution in [0, 0.1) is 0 Å². The van der Waals surface area contributed by atoms with Gasteiger partial charge in [-0.25, -0.2) is 10.4 Å². The lowest BCUT2D eigenvalue weighted by Gasteiger charge is -2.08. The highest BCUT2D eigenvalue weighted by atomic mass is 32.2. The van der Waals surface area contributed by atoms with E-state index in [2.05, 4.69) is 15.5 Å². The van der Waals surface area contributed by atoms with Crippen LogP contribution in [0.15, 0.2) is 85.7 Å². The van der Waals surface area contributed by atoms with Crippen molar-refractivity contribution in [3.8, 4) is 0 Å². The van der Waals surface area contributed by atoms with Gasteiger partial charge in [-0.3, -0.25) is 4.79 Å². The predicted molar refractivity (Wildman–Crippen MR) is 110 cm³/mol. The standard InChI is InChI=1S/C20H15N3O3S2/c24-18(13-6-2-1-3-7-13)19(25)23-21-12-14-10-11-17(26-14)28-20-22-15-8-4-5-9-16(15)27-20/h1-12,18,24H,(H,23,25)/b21-12-/t18-/m1/s1. The van der Waals surface area contributed by atoms with Crippen LogP contribution in [0.1, 0.15) is 17.4 Å². The van der Waals surface area contributed by atoms with Crippen molar-refractivity contribution in [3.63, 3.8) is 0 Å². The Morgan fingerprint density at radius 1 is 1.14 bits per heavy atom. The van der Waals surface area contributed by atoms with Gasteiger partial charge in [0, 0.05) is 0 Å². The molecule has 0 aliphatic rings. The molecule has 8 heteroatoms. The van der Waals surface area contributed by atoms with Gasteiger partial charge in [0.2, 0.25) is 0 Å². The van der Waals surface area contributed by atoms with Crippen LogP contribution in [0.25, 0.3) is 10.2 Å². The van der Waals surface area contributed by atoms with Crippen molar-refractivity contribution < 1.29 is 14.3 Å². The minimum atomic E-state index is -1.28. The lowest BCUT2D eigenvalue weighted by molar-refractivity contribution is -0.129. The Labute approximate surface area is 168 Å². The van der Waals surface area contributed by atoms with Crippen molar-refractivity contribution in [1.82, 2.24) is 10.4 Å². The predicted octanol–water partition coefficient (Wildman–Crippen LogP) is 4.22. The molecule has 140 valence electrons. The normalized spacial score (nSPS) is 12.5. The summed E-state index contributed by atoms with van der Waals surface area (Å²) in [4.78, 5) is 16.5. The molecule has 0 spiro atoms. The molecular formula is C20H15N3O3S2. The highest BCUT2D eigenvalue weighted by Crippen LogP contribution is 2.34. The number of aliphatic hydroxyl groups is 1. The first kappa shape index (κ1) is 18.4. The van der Waals surface area contributed by atoms with Gasteiger partial charge in [-0.2, -0.15) is 5.10 Å². The maximum absolute atomic E-state index is 11.9. The minimum absolute atomic E-state index is 0.484. The summed E-state index contributed by atoms with van der Waals surface area (Å²) in [5.41, 5.74) is 3.77. The van der Waals surface area contributed by atoms with Crippen LogP contribution >= 0.6 is 23.1 Å². The molecule has 2 heterocycles. The number of rotatable bonds is 6. The van der Waals surface area contributed by atoms with E-state index in [-0.39, 0.29) is 0 Å². The molecule has 1 amide bonds. The van der Waals surface area contributed by atoms with Crippen molar-refractivity contribution in [2.45, 2.75) is 15.5 Å². The molecule has 6 nitrogen and oxygen atoms in total. The van der Waals surface area contributed by atoms with Gasteiger partial charge >= 0.3 is 0 Å². The van der Waals surface area contributed by atoms with E-state index < -0.39 is 12.0 Å². The summed E-state index contributed by atoms with van der Waals surface area (Å²) in [7, 11) is 0. The number of aromatic nitrogens is 1. The molecule has 0 bridgehead atoms. The fourth-order valence-electron chi connectivity index (χ4n) is 2.45. The van der Waals surface area contributed by atoms with Gasteiger partial charge in [-0.1, -0.05) is 42.5 Å². The number of para-hydroxylation sites is 1. The fraction of sp³-hybridized carbons (Fsp3) is 0.0500. The number of aliphatic hydroxyl groups excluding tert-OH is 1. The smallest absolute Gasteiger partial charge is 0.273 e. The Morgan fingerprint density at radius 3 is 2.75 bits per heavy atom. The van der Waals surface area contributed by atoms with Crippen molar-refractivity contribution in [2.75, 3.05) is 0 Å². The first-order chi connectivity index (χ1) is 13.7. The summed E-state index contributed by atoms with van der Waals surface area (Å²) in [6.45, 7) is 0. The number of carbonyl (C=O) groups excluding carboxylic acids is 1. The van der Waals surface area contributed by atoms with Crippen molar-refractivity contribution in [3.05, 3.63) is 78.1 Å². The Kier molecular flexibility index (Phi) is 5.52. The van der Waals surface area contributed by atoms with Crippen molar-refractivity contribution in [1.29, 1.82) is 0 Å². The van der Waals surface area contributed by atoms with Crippen LogP contribution in [-0.4, -0.2) is 22.2 Å². The summed E-state index contributed by atoms with van der Waals surface area (Å²) < 4.78 is 7.69. The van der Waals surface area contributed by atoms with Gasteiger partial charge in [0.1, 0.15) is 5.76 Å². The van der Waals surface area contributed by atoms with Crippen LogP contribution < -0.4 is 5.43 Å². The highest BCUT2D eigenvalue weighted by molar-refractivity contribution is 8.01. The number of amides is 1. The maximum Gasteiger partial charge on any atom is 0.273 e. The number of hydrogen-bond acceptors (Lipinski definition) is 7. The quantitative estimate of drug-likeness (QED) is 0.368. The molecule has 4 rings (SSSR count). The van der Waals surface area contributed by atoms with Crippen molar-refractivity contribution in [2.24, 2.45) is 5.10 Å². The molecule has 0 saturated carbocycles. The average molecular weight is 409 g/mol. The van der Waals surface area contributed by atoms with Gasteiger partial charge in [-0.05, 0) is 41.6 Å². The lowest BCUT2D eigenvalue weighted by Crippen LogP contribution is -2.25. The van der Waals surface area contributed by atoms with Crippen molar-refractivity contribution >= 4 is 45.4 Å². The van der Waals surface area contributed by atoms with E-state index >= 15 is 0 Å². The molecule has 0 unspecified atom stereocenters. The molecule has 2 N–H and O–H groups in total. The van der Waals surface area contributed by atoms with E-state index in [4.69, 9.17) is 4.42 Å². The minimum Gasteiger partial charge on any atom is -0.448 e. The number of nitrogens with zero attached hydrogens (tertiary/aromatic N) is 2. The van der Waals surface area contributed by atoms with E-state index in [9.17, 15) is 9.90 Å². The Bertz CT molecular complexity index is 1090. The van der Waals surface area contributed by atoms with Crippen LogP contribution in [0.3, 0.4) is 0 Å². The van der Waals surface area contributed by atoms with Crippen LogP contribution in [0.5, 0.6) is 0 Å². The third kappa shape index (κ3) is 4.30. The molecular weight excluding hydrogens is 394 g/mol. The van der Waals surface area contributed by atoms with E-state index in [1.807, 2.05) is 36.4 Å². The number of benzene rings is 2. The summed E-state index contributed by atoms with van der Waals surface area (Å²) in [5, 5.41) is 14.5. The summed E-state index contributed by atoms with van der Waals surface area (Å²) >= 11 is 3.03. The SMILES string of the molecule is O=C(N/N=C\c1ccc(Sc2nc3ccccc3s2)o1)[C@H](O)c1ccccc1. The third-order valence-electron chi connectivity index (χ3n) is 3.79. The molecule has 0 aliphatic carbocycles. The molecule has 2 aromatic carbocycles. The number of furan rings is 1. The highest BCUT2D eigenvalue weighted by Gasteiger charge is 2.16. The Balaban J connectivity index is 1.35. The van der Waals surface area contributed by atoms with Crippen LogP contribution in [0.2, 0.25) is 0 Å². The van der Waals surface area contributed by atoms with Crippen LogP contribution in [-0.2, 0) is 4.79 Å². The maximum atomic E-state index is 11.9. The van der Waals surface area contributed by atoms with Gasteiger partial charge in [0.15, 0.2) is 15.5 Å². The topological polar surface area (TPSA) is 87.7 Å². The van der Waals surface area contributed by atoms with E-state index in [0.29, 0.717) is 16.4 Å². The second kappa shape index (κ2) is 8.39. The first-order valence-corrected chi connectivity index (χ1v) is 10.0. The fourth-order valence-corrected chi connectivity index (χ4v) is 4.42. The molecule has 0 radical (unpaired) electrons. The van der Waals surface area contributed by atoms with Gasteiger partial charge in [0.25, 0.3) is 5.91 Å². The van der Waals surface area contributed by atoms with E-state index in [1.54, 1.807) is 41.7 Å². The molecule has 0 saturated heterocycles. The number of thiazole rings is 1. The van der Waals surface area contributed by atoms with Gasteiger partial charge in [0.05, 0.1) is 16.4 Å².